The summed E-state index contributed by atoms with van der Waals surface area (Å²) in [5.41, 5.74) is 0.296. The second-order valence-electron chi connectivity index (χ2n) is 4.96. The molecule has 0 aromatic heterocycles. The summed E-state index contributed by atoms with van der Waals surface area (Å²) in [5.74, 6) is 0. The van der Waals surface area contributed by atoms with Crippen LogP contribution in [0.4, 0.5) is 0 Å². The zero-order valence-corrected chi connectivity index (χ0v) is 12.5. The molecule has 17 heavy (non-hydrogen) atoms. The molecule has 0 aliphatic heterocycles. The van der Waals surface area contributed by atoms with Gasteiger partial charge in [0.05, 0.1) is 4.90 Å². The van der Waals surface area contributed by atoms with Gasteiger partial charge < -0.3 is 0 Å². The molecule has 1 aromatic carbocycles. The highest BCUT2D eigenvalue weighted by Gasteiger charge is 2.25. The second-order valence-corrected chi connectivity index (χ2v) is 7.43. The van der Waals surface area contributed by atoms with Crippen LogP contribution in [-0.2, 0) is 10.0 Å². The Hall–Kier alpha value is -0.520. The summed E-state index contributed by atoms with van der Waals surface area (Å²) in [6.45, 7) is 7.32. The van der Waals surface area contributed by atoms with Crippen molar-refractivity contribution >= 4 is 21.8 Å². The first-order chi connectivity index (χ1) is 7.67. The van der Waals surface area contributed by atoms with Crippen molar-refractivity contribution in [2.75, 3.05) is 6.26 Å². The first kappa shape index (κ1) is 14.5. The van der Waals surface area contributed by atoms with E-state index in [1.807, 2.05) is 52.1 Å². The molecule has 1 rings (SSSR count). The van der Waals surface area contributed by atoms with Gasteiger partial charge in [0.25, 0.3) is 0 Å². The quantitative estimate of drug-likeness (QED) is 0.861. The number of aryl methyl sites for hydroxylation is 1. The van der Waals surface area contributed by atoms with E-state index in [4.69, 9.17) is 0 Å². The monoisotopic (exact) mass is 273 g/mol. The van der Waals surface area contributed by atoms with Crippen LogP contribution >= 0.6 is 11.8 Å². The predicted octanol–water partition coefficient (Wildman–Crippen LogP) is 2.79. The van der Waals surface area contributed by atoms with Crippen molar-refractivity contribution in [3.63, 3.8) is 0 Å². The maximum absolute atomic E-state index is 12.3. The van der Waals surface area contributed by atoms with Gasteiger partial charge >= 0.3 is 0 Å². The van der Waals surface area contributed by atoms with E-state index in [9.17, 15) is 8.42 Å². The molecule has 96 valence electrons. The van der Waals surface area contributed by atoms with Gasteiger partial charge in [0.2, 0.25) is 10.0 Å². The topological polar surface area (TPSA) is 46.2 Å². The van der Waals surface area contributed by atoms with Crippen LogP contribution in [0.5, 0.6) is 0 Å². The molecule has 0 aliphatic carbocycles. The van der Waals surface area contributed by atoms with Crippen LogP contribution in [0.15, 0.2) is 28.0 Å². The molecular formula is C12H19NO2S2. The molecule has 0 atom stereocenters. The molecular weight excluding hydrogens is 254 g/mol. The lowest BCUT2D eigenvalue weighted by Crippen LogP contribution is -2.40. The normalized spacial score (nSPS) is 12.8. The van der Waals surface area contributed by atoms with Crippen molar-refractivity contribution < 1.29 is 8.42 Å². The summed E-state index contributed by atoms with van der Waals surface area (Å²) in [6, 6.07) is 5.52. The van der Waals surface area contributed by atoms with Crippen molar-refractivity contribution in [2.24, 2.45) is 0 Å². The van der Waals surface area contributed by atoms with E-state index in [0.717, 1.165) is 10.5 Å². The fourth-order valence-corrected chi connectivity index (χ4v) is 4.46. The lowest BCUT2D eigenvalue weighted by Gasteiger charge is -2.22. The first-order valence-corrected chi connectivity index (χ1v) is 8.06. The number of sulfonamides is 1. The van der Waals surface area contributed by atoms with Gasteiger partial charge in [-0.25, -0.2) is 13.1 Å². The fourth-order valence-electron chi connectivity index (χ4n) is 1.58. The minimum atomic E-state index is -3.46. The largest absolute Gasteiger partial charge is 0.242 e. The molecule has 0 unspecified atom stereocenters. The minimum Gasteiger partial charge on any atom is -0.207 e. The van der Waals surface area contributed by atoms with Crippen molar-refractivity contribution in [1.82, 2.24) is 4.72 Å². The molecule has 0 saturated carbocycles. The summed E-state index contributed by atoms with van der Waals surface area (Å²) < 4.78 is 27.3. The van der Waals surface area contributed by atoms with Gasteiger partial charge in [-0.15, -0.1) is 11.8 Å². The molecule has 1 aromatic rings. The van der Waals surface area contributed by atoms with Gasteiger partial charge in [-0.3, -0.25) is 0 Å². The lowest BCUT2D eigenvalue weighted by molar-refractivity contribution is 0.490. The van der Waals surface area contributed by atoms with Gasteiger partial charge in [-0.2, -0.15) is 0 Å². The third kappa shape index (κ3) is 3.72. The number of hydrogen-bond donors (Lipinski definition) is 1. The molecule has 0 amide bonds. The molecule has 5 heteroatoms. The molecule has 0 bridgehead atoms. The van der Waals surface area contributed by atoms with Crippen molar-refractivity contribution in [2.45, 2.75) is 43.0 Å². The highest BCUT2D eigenvalue weighted by Crippen LogP contribution is 2.28. The number of benzene rings is 1. The Bertz CT molecular complexity index is 502. The molecule has 0 spiro atoms. The van der Waals surface area contributed by atoms with Crippen LogP contribution in [0.2, 0.25) is 0 Å². The average Bonchev–Trinajstić information content (AvgIpc) is 2.12. The van der Waals surface area contributed by atoms with Crippen LogP contribution in [-0.4, -0.2) is 20.2 Å². The van der Waals surface area contributed by atoms with Gasteiger partial charge in [0.15, 0.2) is 0 Å². The Morgan fingerprint density at radius 2 is 1.82 bits per heavy atom. The van der Waals surface area contributed by atoms with Gasteiger partial charge in [-0.05, 0) is 45.6 Å². The van der Waals surface area contributed by atoms with Crippen molar-refractivity contribution in [3.05, 3.63) is 23.8 Å². The van der Waals surface area contributed by atoms with E-state index in [1.165, 1.54) is 11.8 Å². The third-order valence-corrected chi connectivity index (χ3v) is 4.97. The first-order valence-electron chi connectivity index (χ1n) is 5.35. The van der Waals surface area contributed by atoms with Crippen LogP contribution in [0.1, 0.15) is 26.3 Å². The molecule has 0 fully saturated rings. The molecule has 0 aliphatic rings. The van der Waals surface area contributed by atoms with Gasteiger partial charge in [0, 0.05) is 10.4 Å². The second kappa shape index (κ2) is 5.00. The van der Waals surface area contributed by atoms with E-state index in [1.54, 1.807) is 0 Å². The fraction of sp³-hybridized carbons (Fsp3) is 0.500. The van der Waals surface area contributed by atoms with Crippen molar-refractivity contribution in [1.29, 1.82) is 0 Å². The molecule has 1 N–H and O–H groups in total. The Balaban J connectivity index is 3.33. The Labute approximate surface area is 108 Å². The number of hydrogen-bond acceptors (Lipinski definition) is 3. The van der Waals surface area contributed by atoms with E-state index >= 15 is 0 Å². The van der Waals surface area contributed by atoms with E-state index in [-0.39, 0.29) is 0 Å². The summed E-state index contributed by atoms with van der Waals surface area (Å²) >= 11 is 1.44. The lowest BCUT2D eigenvalue weighted by atomic mass is 10.1. The standard InChI is InChI=1S/C12H19NO2S2/c1-9-7-6-8-10(16-5)11(9)17(14,15)13-12(2,3)4/h6-8,13H,1-5H3. The Morgan fingerprint density at radius 3 is 2.29 bits per heavy atom. The number of nitrogens with one attached hydrogen (secondary N) is 1. The highest BCUT2D eigenvalue weighted by molar-refractivity contribution is 7.99. The zero-order valence-electron chi connectivity index (χ0n) is 10.9. The highest BCUT2D eigenvalue weighted by atomic mass is 32.2. The van der Waals surface area contributed by atoms with E-state index in [2.05, 4.69) is 4.72 Å². The summed E-state index contributed by atoms with van der Waals surface area (Å²) in [7, 11) is -3.46. The molecule has 3 nitrogen and oxygen atoms in total. The number of thioether (sulfide) groups is 1. The van der Waals surface area contributed by atoms with E-state index in [0.29, 0.717) is 4.90 Å². The van der Waals surface area contributed by atoms with Crippen molar-refractivity contribution in [3.8, 4) is 0 Å². The SMILES string of the molecule is CSc1cccc(C)c1S(=O)(=O)NC(C)(C)C. The third-order valence-electron chi connectivity index (χ3n) is 2.10. The van der Waals surface area contributed by atoms with Crippen LogP contribution < -0.4 is 4.72 Å². The van der Waals surface area contributed by atoms with E-state index < -0.39 is 15.6 Å². The smallest absolute Gasteiger partial charge is 0.207 e. The van der Waals surface area contributed by atoms with Crippen LogP contribution in [0.3, 0.4) is 0 Å². The summed E-state index contributed by atoms with van der Waals surface area (Å²) in [6.07, 6.45) is 1.88. The zero-order chi connectivity index (χ0) is 13.3. The Kier molecular flexibility index (Phi) is 4.28. The average molecular weight is 273 g/mol. The maximum Gasteiger partial charge on any atom is 0.242 e. The summed E-state index contributed by atoms with van der Waals surface area (Å²) in [4.78, 5) is 1.17. The maximum atomic E-state index is 12.3. The minimum absolute atomic E-state index is 0.391. The molecule has 0 saturated heterocycles. The number of rotatable bonds is 3. The van der Waals surface area contributed by atoms with Gasteiger partial charge in [0.1, 0.15) is 0 Å². The predicted molar refractivity (Wildman–Crippen MR) is 73.0 cm³/mol. The van der Waals surface area contributed by atoms with Crippen LogP contribution in [0.25, 0.3) is 0 Å². The molecule has 0 radical (unpaired) electrons. The molecule has 0 heterocycles. The Morgan fingerprint density at radius 1 is 1.24 bits per heavy atom. The van der Waals surface area contributed by atoms with Gasteiger partial charge in [-0.1, -0.05) is 12.1 Å². The van der Waals surface area contributed by atoms with Crippen LogP contribution in [0, 0.1) is 6.92 Å². The summed E-state index contributed by atoms with van der Waals surface area (Å²) in [5, 5.41) is 0.